The van der Waals surface area contributed by atoms with Gasteiger partial charge in [-0.05, 0) is 64.7 Å². The molecule has 0 aliphatic rings. The van der Waals surface area contributed by atoms with E-state index in [4.69, 9.17) is 14.2 Å². The van der Waals surface area contributed by atoms with Gasteiger partial charge >= 0.3 is 0 Å². The molecule has 0 aliphatic heterocycles. The van der Waals surface area contributed by atoms with Crippen LogP contribution in [0.25, 0.3) is 0 Å². The number of carbonyl (C=O) groups excluding carboxylic acids is 2. The first-order valence-corrected chi connectivity index (χ1v) is 9.90. The number of benzene rings is 2. The lowest BCUT2D eigenvalue weighted by Gasteiger charge is -2.13. The molecule has 7 nitrogen and oxygen atoms in total. The van der Waals surface area contributed by atoms with Crippen LogP contribution in [0.4, 0.5) is 0 Å². The summed E-state index contributed by atoms with van der Waals surface area (Å²) in [6.45, 7) is 4.80. The summed E-state index contributed by atoms with van der Waals surface area (Å²) in [6, 6.07) is 9.71. The van der Waals surface area contributed by atoms with E-state index in [1.165, 1.54) is 14.2 Å². The first-order chi connectivity index (χ1) is 13.8. The Bertz CT molecular complexity index is 870. The van der Waals surface area contributed by atoms with Crippen LogP contribution in [-0.2, 0) is 0 Å². The number of hydrogen-bond acceptors (Lipinski definition) is 5. The van der Waals surface area contributed by atoms with E-state index in [0.29, 0.717) is 45.4 Å². The van der Waals surface area contributed by atoms with Gasteiger partial charge in [-0.3, -0.25) is 20.4 Å². The molecule has 2 N–H and O–H groups in total. The van der Waals surface area contributed by atoms with Crippen LogP contribution in [0.3, 0.4) is 0 Å². The van der Waals surface area contributed by atoms with Gasteiger partial charge in [-0.25, -0.2) is 0 Å². The zero-order valence-electron chi connectivity index (χ0n) is 16.9. The Morgan fingerprint density at radius 1 is 0.897 bits per heavy atom. The largest absolute Gasteiger partial charge is 0.496 e. The monoisotopic (exact) mass is 464 g/mol. The normalized spacial score (nSPS) is 10.4. The van der Waals surface area contributed by atoms with Crippen molar-refractivity contribution in [2.45, 2.75) is 20.3 Å². The maximum absolute atomic E-state index is 12.4. The molecule has 0 saturated carbocycles. The third-order valence-electron chi connectivity index (χ3n) is 4.08. The Kier molecular flexibility index (Phi) is 8.33. The Morgan fingerprint density at radius 2 is 1.45 bits per heavy atom. The van der Waals surface area contributed by atoms with Crippen molar-refractivity contribution in [1.82, 2.24) is 10.9 Å². The van der Waals surface area contributed by atoms with Gasteiger partial charge in [0.1, 0.15) is 5.75 Å². The Labute approximate surface area is 178 Å². The second-order valence-corrected chi connectivity index (χ2v) is 7.51. The molecule has 8 heteroatoms. The van der Waals surface area contributed by atoms with Crippen molar-refractivity contribution < 1.29 is 23.8 Å². The number of rotatable bonds is 8. The number of amides is 2. The quantitative estimate of drug-likeness (QED) is 0.577. The minimum Gasteiger partial charge on any atom is -0.496 e. The van der Waals surface area contributed by atoms with E-state index in [1.807, 2.05) is 0 Å². The molecule has 0 heterocycles. The molecular weight excluding hydrogens is 440 g/mol. The number of ether oxygens (including phenoxy) is 3. The smallest absolute Gasteiger partial charge is 0.269 e. The van der Waals surface area contributed by atoms with Gasteiger partial charge in [-0.1, -0.05) is 13.8 Å². The van der Waals surface area contributed by atoms with Crippen LogP contribution >= 0.6 is 15.9 Å². The SMILES string of the molecule is COc1ccc(C(=O)NNC(=O)c2ccc(OCCC(C)C)c(OC)c2)cc1Br. The zero-order chi connectivity index (χ0) is 21.4. The van der Waals surface area contributed by atoms with Crippen LogP contribution < -0.4 is 25.1 Å². The number of hydrazine groups is 1. The third kappa shape index (κ3) is 6.39. The van der Waals surface area contributed by atoms with Gasteiger partial charge in [0.2, 0.25) is 0 Å². The maximum Gasteiger partial charge on any atom is 0.269 e. The van der Waals surface area contributed by atoms with E-state index in [9.17, 15) is 9.59 Å². The lowest BCUT2D eigenvalue weighted by Crippen LogP contribution is -2.41. The highest BCUT2D eigenvalue weighted by Crippen LogP contribution is 2.28. The maximum atomic E-state index is 12.4. The highest BCUT2D eigenvalue weighted by molar-refractivity contribution is 9.10. The summed E-state index contributed by atoms with van der Waals surface area (Å²) >= 11 is 3.32. The number of hydrogen-bond donors (Lipinski definition) is 2. The fourth-order valence-electron chi connectivity index (χ4n) is 2.40. The van der Waals surface area contributed by atoms with Crippen molar-refractivity contribution in [3.8, 4) is 17.2 Å². The second-order valence-electron chi connectivity index (χ2n) is 6.65. The Morgan fingerprint density at radius 3 is 1.97 bits per heavy atom. The number of nitrogens with one attached hydrogen (secondary N) is 2. The van der Waals surface area contributed by atoms with Crippen molar-refractivity contribution >= 4 is 27.7 Å². The molecule has 2 amide bonds. The van der Waals surface area contributed by atoms with Crippen LogP contribution in [0, 0.1) is 5.92 Å². The minimum absolute atomic E-state index is 0.328. The average Bonchev–Trinajstić information content (AvgIpc) is 2.71. The molecule has 156 valence electrons. The number of methoxy groups -OCH3 is 2. The molecule has 0 aromatic heterocycles. The topological polar surface area (TPSA) is 85.9 Å². The predicted octanol–water partition coefficient (Wildman–Crippen LogP) is 3.97. The molecule has 0 unspecified atom stereocenters. The third-order valence-corrected chi connectivity index (χ3v) is 4.70. The van der Waals surface area contributed by atoms with Gasteiger partial charge in [0.25, 0.3) is 11.8 Å². The first kappa shape index (κ1) is 22.5. The number of carbonyl (C=O) groups is 2. The van der Waals surface area contributed by atoms with E-state index in [2.05, 4.69) is 40.6 Å². The van der Waals surface area contributed by atoms with Crippen molar-refractivity contribution in [1.29, 1.82) is 0 Å². The second kappa shape index (κ2) is 10.7. The molecule has 2 aromatic rings. The molecule has 0 radical (unpaired) electrons. The van der Waals surface area contributed by atoms with Gasteiger partial charge in [0.05, 0.1) is 25.3 Å². The summed E-state index contributed by atoms with van der Waals surface area (Å²) in [5.41, 5.74) is 5.47. The van der Waals surface area contributed by atoms with Gasteiger partial charge in [-0.2, -0.15) is 0 Å². The molecule has 2 rings (SSSR count). The molecule has 0 saturated heterocycles. The van der Waals surface area contributed by atoms with Gasteiger partial charge in [-0.15, -0.1) is 0 Å². The molecule has 2 aromatic carbocycles. The molecule has 0 spiro atoms. The Hall–Kier alpha value is -2.74. The van der Waals surface area contributed by atoms with E-state index >= 15 is 0 Å². The van der Waals surface area contributed by atoms with E-state index in [0.717, 1.165) is 6.42 Å². The van der Waals surface area contributed by atoms with Crippen LogP contribution in [0.1, 0.15) is 41.0 Å². The summed E-state index contributed by atoms with van der Waals surface area (Å²) < 4.78 is 16.8. The van der Waals surface area contributed by atoms with Crippen molar-refractivity contribution in [2.75, 3.05) is 20.8 Å². The summed E-state index contributed by atoms with van der Waals surface area (Å²) in [5.74, 6) is 1.22. The average molecular weight is 465 g/mol. The predicted molar refractivity (Wildman–Crippen MR) is 114 cm³/mol. The molecule has 0 aliphatic carbocycles. The molecule has 0 fully saturated rings. The van der Waals surface area contributed by atoms with Crippen molar-refractivity contribution in [3.63, 3.8) is 0 Å². The lowest BCUT2D eigenvalue weighted by atomic mass is 10.1. The Balaban J connectivity index is 1.99. The molecule has 0 atom stereocenters. The highest BCUT2D eigenvalue weighted by Gasteiger charge is 2.14. The van der Waals surface area contributed by atoms with Crippen LogP contribution in [-0.4, -0.2) is 32.6 Å². The summed E-state index contributed by atoms with van der Waals surface area (Å²) in [4.78, 5) is 24.6. The zero-order valence-corrected chi connectivity index (χ0v) is 18.5. The summed E-state index contributed by atoms with van der Waals surface area (Å²) in [5, 5.41) is 0. The number of halogens is 1. The van der Waals surface area contributed by atoms with Crippen molar-refractivity contribution in [2.24, 2.45) is 5.92 Å². The van der Waals surface area contributed by atoms with Gasteiger partial charge in [0, 0.05) is 11.1 Å². The first-order valence-electron chi connectivity index (χ1n) is 9.10. The fraction of sp³-hybridized carbons (Fsp3) is 0.333. The van der Waals surface area contributed by atoms with Crippen LogP contribution in [0.5, 0.6) is 17.2 Å². The highest BCUT2D eigenvalue weighted by atomic mass is 79.9. The van der Waals surface area contributed by atoms with E-state index in [-0.39, 0.29) is 0 Å². The van der Waals surface area contributed by atoms with Crippen LogP contribution in [0.15, 0.2) is 40.9 Å². The van der Waals surface area contributed by atoms with Crippen molar-refractivity contribution in [3.05, 3.63) is 52.0 Å². The van der Waals surface area contributed by atoms with Gasteiger partial charge in [0.15, 0.2) is 11.5 Å². The van der Waals surface area contributed by atoms with Gasteiger partial charge < -0.3 is 14.2 Å². The molecule has 0 bridgehead atoms. The molecule has 29 heavy (non-hydrogen) atoms. The summed E-state index contributed by atoms with van der Waals surface area (Å²) in [7, 11) is 3.05. The standard InChI is InChI=1S/C21H25BrN2O5/c1-13(2)9-10-29-18-8-6-15(12-19(18)28-4)21(26)24-23-20(25)14-5-7-17(27-3)16(22)11-14/h5-8,11-13H,9-10H2,1-4H3,(H,23,25)(H,24,26). The van der Waals surface area contributed by atoms with Crippen LogP contribution in [0.2, 0.25) is 0 Å². The molecular formula is C21H25BrN2O5. The fourth-order valence-corrected chi connectivity index (χ4v) is 2.94. The van der Waals surface area contributed by atoms with E-state index in [1.54, 1.807) is 36.4 Å². The lowest BCUT2D eigenvalue weighted by molar-refractivity contribution is 0.0846. The minimum atomic E-state index is -0.474. The van der Waals surface area contributed by atoms with E-state index < -0.39 is 11.8 Å². The summed E-state index contributed by atoms with van der Waals surface area (Å²) in [6.07, 6.45) is 0.916.